The third-order valence-electron chi connectivity index (χ3n) is 5.57. The summed E-state index contributed by atoms with van der Waals surface area (Å²) in [5.74, 6) is 0.245. The summed E-state index contributed by atoms with van der Waals surface area (Å²) in [5, 5.41) is 0. The van der Waals surface area contributed by atoms with Crippen LogP contribution >= 0.6 is 11.3 Å². The number of nitrogens with zero attached hydrogens (tertiary/aromatic N) is 2. The van der Waals surface area contributed by atoms with Crippen LogP contribution in [0.1, 0.15) is 44.9 Å². The van der Waals surface area contributed by atoms with E-state index in [-0.39, 0.29) is 17.7 Å². The number of carbonyl (C=O) groups excluding carboxylic acids is 1. The van der Waals surface area contributed by atoms with Gasteiger partial charge in [0.05, 0.1) is 41.7 Å². The molecule has 7 nitrogen and oxygen atoms in total. The van der Waals surface area contributed by atoms with E-state index in [9.17, 15) is 14.0 Å². The molecule has 0 unspecified atom stereocenters. The zero-order chi connectivity index (χ0) is 25.8. The topological polar surface area (TPSA) is 79.1 Å². The maximum atomic E-state index is 13.7. The molecule has 188 valence electrons. The molecule has 0 saturated heterocycles. The van der Waals surface area contributed by atoms with Gasteiger partial charge in [0.25, 0.3) is 5.56 Å². The van der Waals surface area contributed by atoms with E-state index in [4.69, 9.17) is 14.2 Å². The van der Waals surface area contributed by atoms with Gasteiger partial charge in [-0.25, -0.2) is 14.2 Å². The van der Waals surface area contributed by atoms with Crippen molar-refractivity contribution >= 4 is 23.4 Å². The molecule has 9 heteroatoms. The largest absolute Gasteiger partial charge is 0.490 e. The number of hydrogen-bond acceptors (Lipinski definition) is 7. The van der Waals surface area contributed by atoms with E-state index < -0.39 is 17.8 Å². The fraction of sp³-hybridized carbons (Fsp3) is 0.296. The molecule has 0 fully saturated rings. The minimum absolute atomic E-state index is 0.177. The predicted molar refractivity (Wildman–Crippen MR) is 136 cm³/mol. The second-order valence-corrected chi connectivity index (χ2v) is 8.94. The third-order valence-corrected chi connectivity index (χ3v) is 6.55. The van der Waals surface area contributed by atoms with Crippen molar-refractivity contribution in [2.24, 2.45) is 4.99 Å². The normalized spacial score (nSPS) is 15.4. The molecular weight excluding hydrogens is 483 g/mol. The molecule has 0 amide bonds. The number of ether oxygens (including phenoxy) is 3. The van der Waals surface area contributed by atoms with Gasteiger partial charge in [-0.15, -0.1) is 0 Å². The Morgan fingerprint density at radius 2 is 1.75 bits per heavy atom. The highest BCUT2D eigenvalue weighted by molar-refractivity contribution is 7.07. The average Bonchev–Trinajstić information content (AvgIpc) is 3.15. The number of thiazole rings is 1. The SMILES string of the molecule is CCOC(=O)C1=C(C)N=c2s/c(=C\c3ccc(OCC)c(OCC)c3)c(=O)n2[C@H]1c1ccc(F)cc1. The number of hydrogen-bond donors (Lipinski definition) is 0. The van der Waals surface area contributed by atoms with Crippen LogP contribution in [0.4, 0.5) is 4.39 Å². The summed E-state index contributed by atoms with van der Waals surface area (Å²) in [6.07, 6.45) is 1.76. The number of rotatable bonds is 8. The van der Waals surface area contributed by atoms with Crippen LogP contribution < -0.4 is 24.4 Å². The molecule has 0 aliphatic carbocycles. The molecule has 1 aliphatic heterocycles. The van der Waals surface area contributed by atoms with Gasteiger partial charge in [-0.1, -0.05) is 29.5 Å². The van der Waals surface area contributed by atoms with Crippen LogP contribution in [-0.4, -0.2) is 30.4 Å². The fourth-order valence-corrected chi connectivity index (χ4v) is 5.11. The summed E-state index contributed by atoms with van der Waals surface area (Å²) in [5.41, 5.74) is 1.74. The van der Waals surface area contributed by atoms with Crippen molar-refractivity contribution in [3.05, 3.63) is 90.4 Å². The third kappa shape index (κ3) is 4.97. The minimum Gasteiger partial charge on any atom is -0.490 e. The molecule has 0 spiro atoms. The van der Waals surface area contributed by atoms with Gasteiger partial charge >= 0.3 is 5.97 Å². The van der Waals surface area contributed by atoms with E-state index >= 15 is 0 Å². The molecule has 0 saturated carbocycles. The molecule has 0 radical (unpaired) electrons. The Morgan fingerprint density at radius 1 is 1.06 bits per heavy atom. The monoisotopic (exact) mass is 510 g/mol. The first-order valence-corrected chi connectivity index (χ1v) is 12.5. The summed E-state index contributed by atoms with van der Waals surface area (Å²) in [4.78, 5) is 31.6. The number of benzene rings is 2. The quantitative estimate of drug-likeness (QED) is 0.432. The standard InChI is InChI=1S/C27H27FN2O5S/c1-5-33-20-13-8-17(14-21(20)34-6-2)15-22-25(31)30-24(18-9-11-19(28)12-10-18)23(26(32)35-7-3)16(4)29-27(30)36-22/h8-15,24H,5-7H2,1-4H3/b22-15-/t24-/m0/s1. The van der Waals surface area contributed by atoms with Gasteiger partial charge < -0.3 is 14.2 Å². The second-order valence-electron chi connectivity index (χ2n) is 7.93. The molecule has 1 aromatic heterocycles. The lowest BCUT2D eigenvalue weighted by atomic mass is 9.96. The molecular formula is C27H27FN2O5S. The van der Waals surface area contributed by atoms with Crippen molar-refractivity contribution in [1.29, 1.82) is 0 Å². The number of carbonyl (C=O) groups is 1. The van der Waals surface area contributed by atoms with Gasteiger partial charge in [0, 0.05) is 0 Å². The van der Waals surface area contributed by atoms with E-state index in [1.165, 1.54) is 28.0 Å². The molecule has 0 N–H and O–H groups in total. The maximum absolute atomic E-state index is 13.7. The first kappa shape index (κ1) is 25.4. The van der Waals surface area contributed by atoms with Crippen LogP contribution in [0.5, 0.6) is 11.5 Å². The number of fused-ring (bicyclic) bond motifs is 1. The number of allylic oxidation sites excluding steroid dienone is 1. The molecule has 4 rings (SSSR count). The number of aromatic nitrogens is 1. The Bertz CT molecular complexity index is 1490. The summed E-state index contributed by atoms with van der Waals surface area (Å²) in [7, 11) is 0. The lowest BCUT2D eigenvalue weighted by Gasteiger charge is -2.24. The lowest BCUT2D eigenvalue weighted by molar-refractivity contribution is -0.139. The van der Waals surface area contributed by atoms with E-state index in [1.54, 1.807) is 32.1 Å². The Balaban J connectivity index is 1.89. The van der Waals surface area contributed by atoms with Crippen LogP contribution in [0.2, 0.25) is 0 Å². The van der Waals surface area contributed by atoms with Gasteiger partial charge in [0.1, 0.15) is 5.82 Å². The van der Waals surface area contributed by atoms with Gasteiger partial charge in [-0.05, 0) is 69.2 Å². The summed E-state index contributed by atoms with van der Waals surface area (Å²) in [6.45, 7) is 8.36. The minimum atomic E-state index is -0.789. The van der Waals surface area contributed by atoms with Crippen molar-refractivity contribution < 1.29 is 23.4 Å². The fourth-order valence-electron chi connectivity index (χ4n) is 4.06. The van der Waals surface area contributed by atoms with Gasteiger partial charge in [0.2, 0.25) is 0 Å². The zero-order valence-electron chi connectivity index (χ0n) is 20.5. The Labute approximate surface area is 211 Å². The van der Waals surface area contributed by atoms with Crippen LogP contribution in [0, 0.1) is 5.82 Å². The highest BCUT2D eigenvalue weighted by Crippen LogP contribution is 2.31. The molecule has 1 atom stereocenters. The average molecular weight is 511 g/mol. The second kappa shape index (κ2) is 10.9. The maximum Gasteiger partial charge on any atom is 0.338 e. The van der Waals surface area contributed by atoms with Crippen molar-refractivity contribution in [1.82, 2.24) is 4.57 Å². The number of halogens is 1. The first-order chi connectivity index (χ1) is 17.4. The highest BCUT2D eigenvalue weighted by atomic mass is 32.1. The van der Waals surface area contributed by atoms with Crippen molar-refractivity contribution in [3.8, 4) is 11.5 Å². The van der Waals surface area contributed by atoms with E-state index in [0.717, 1.165) is 5.56 Å². The Morgan fingerprint density at radius 3 is 2.42 bits per heavy atom. The molecule has 36 heavy (non-hydrogen) atoms. The smallest absolute Gasteiger partial charge is 0.338 e. The molecule has 0 bridgehead atoms. The van der Waals surface area contributed by atoms with Crippen LogP contribution in [0.25, 0.3) is 6.08 Å². The van der Waals surface area contributed by atoms with Crippen molar-refractivity contribution in [2.45, 2.75) is 33.7 Å². The zero-order valence-corrected chi connectivity index (χ0v) is 21.4. The molecule has 1 aliphatic rings. The molecule has 2 aromatic carbocycles. The Hall–Kier alpha value is -3.72. The highest BCUT2D eigenvalue weighted by Gasteiger charge is 2.33. The molecule has 2 heterocycles. The van der Waals surface area contributed by atoms with E-state index in [1.807, 2.05) is 32.0 Å². The van der Waals surface area contributed by atoms with Crippen molar-refractivity contribution in [2.75, 3.05) is 19.8 Å². The van der Waals surface area contributed by atoms with Gasteiger partial charge in [-0.3, -0.25) is 9.36 Å². The van der Waals surface area contributed by atoms with Gasteiger partial charge in [-0.2, -0.15) is 0 Å². The van der Waals surface area contributed by atoms with E-state index in [0.29, 0.717) is 45.3 Å². The Kier molecular flexibility index (Phi) is 7.69. The predicted octanol–water partition coefficient (Wildman–Crippen LogP) is 3.73. The van der Waals surface area contributed by atoms with Crippen LogP contribution in [-0.2, 0) is 9.53 Å². The summed E-state index contributed by atoms with van der Waals surface area (Å²) in [6, 6.07) is 10.4. The van der Waals surface area contributed by atoms with Crippen molar-refractivity contribution in [3.63, 3.8) is 0 Å². The first-order valence-electron chi connectivity index (χ1n) is 11.7. The molecule has 3 aromatic rings. The summed E-state index contributed by atoms with van der Waals surface area (Å²) >= 11 is 1.22. The number of esters is 1. The van der Waals surface area contributed by atoms with Crippen LogP contribution in [0.15, 0.2) is 63.5 Å². The summed E-state index contributed by atoms with van der Waals surface area (Å²) < 4.78 is 32.2. The lowest BCUT2D eigenvalue weighted by Crippen LogP contribution is -2.39. The van der Waals surface area contributed by atoms with Crippen LogP contribution in [0.3, 0.4) is 0 Å². The van der Waals surface area contributed by atoms with Gasteiger partial charge in [0.15, 0.2) is 16.3 Å². The van der Waals surface area contributed by atoms with E-state index in [2.05, 4.69) is 4.99 Å².